The van der Waals surface area contributed by atoms with E-state index >= 15 is 0 Å². The summed E-state index contributed by atoms with van der Waals surface area (Å²) in [6.07, 6.45) is 1.64. The van der Waals surface area contributed by atoms with Crippen molar-refractivity contribution in [3.63, 3.8) is 0 Å². The normalized spacial score (nSPS) is 17.6. The van der Waals surface area contributed by atoms with Gasteiger partial charge in [-0.05, 0) is 56.1 Å². The van der Waals surface area contributed by atoms with Crippen molar-refractivity contribution in [2.45, 2.75) is 6.04 Å². The van der Waals surface area contributed by atoms with Gasteiger partial charge in [0, 0.05) is 18.7 Å². The van der Waals surface area contributed by atoms with E-state index in [1.165, 1.54) is 4.90 Å². The maximum atomic E-state index is 13.0. The first kappa shape index (κ1) is 23.1. The second kappa shape index (κ2) is 10.2. The van der Waals surface area contributed by atoms with Crippen molar-refractivity contribution in [3.8, 4) is 11.5 Å². The first-order valence-electron chi connectivity index (χ1n) is 10.3. The van der Waals surface area contributed by atoms with E-state index in [1.54, 1.807) is 55.7 Å². The standard InChI is InChI=1S/C25H28N2O5/c1-5-15-32-19-11-9-17(10-12-19)23(28)21-22(18-7-6-8-20(16-18)31-4)27(14-13-26(2)3)25(30)24(21)29/h5-12,16,22,28H,1,13-15H2,2-4H3/t22-/m1/s1. The average Bonchev–Trinajstić information content (AvgIpc) is 3.06. The molecule has 7 heteroatoms. The van der Waals surface area contributed by atoms with E-state index in [4.69, 9.17) is 9.47 Å². The number of ether oxygens (including phenoxy) is 2. The molecule has 3 rings (SSSR count). The van der Waals surface area contributed by atoms with E-state index in [0.29, 0.717) is 42.3 Å². The summed E-state index contributed by atoms with van der Waals surface area (Å²) in [5.41, 5.74) is 1.17. The summed E-state index contributed by atoms with van der Waals surface area (Å²) < 4.78 is 10.8. The summed E-state index contributed by atoms with van der Waals surface area (Å²) in [6.45, 7) is 4.88. The summed E-state index contributed by atoms with van der Waals surface area (Å²) in [7, 11) is 5.35. The number of likely N-dealkylation sites (tertiary alicyclic amines) is 1. The summed E-state index contributed by atoms with van der Waals surface area (Å²) in [5.74, 6) is -0.353. The Morgan fingerprint density at radius 2 is 1.88 bits per heavy atom. The molecule has 7 nitrogen and oxygen atoms in total. The van der Waals surface area contributed by atoms with E-state index in [9.17, 15) is 14.7 Å². The Morgan fingerprint density at radius 1 is 1.16 bits per heavy atom. The minimum absolute atomic E-state index is 0.0572. The smallest absolute Gasteiger partial charge is 0.295 e. The summed E-state index contributed by atoms with van der Waals surface area (Å²) in [5, 5.41) is 11.1. The van der Waals surface area contributed by atoms with Crippen molar-refractivity contribution in [1.82, 2.24) is 9.80 Å². The predicted molar refractivity (Wildman–Crippen MR) is 123 cm³/mol. The molecular formula is C25H28N2O5. The Morgan fingerprint density at radius 3 is 2.50 bits per heavy atom. The van der Waals surface area contributed by atoms with Crippen LogP contribution >= 0.6 is 0 Å². The molecule has 0 aliphatic carbocycles. The molecule has 2 aromatic rings. The van der Waals surface area contributed by atoms with Gasteiger partial charge in [0.2, 0.25) is 0 Å². The lowest BCUT2D eigenvalue weighted by Crippen LogP contribution is -2.35. The van der Waals surface area contributed by atoms with Crippen LogP contribution < -0.4 is 9.47 Å². The summed E-state index contributed by atoms with van der Waals surface area (Å²) in [6, 6.07) is 13.2. The second-order valence-corrected chi connectivity index (χ2v) is 7.70. The molecule has 0 bridgehead atoms. The molecular weight excluding hydrogens is 408 g/mol. The molecule has 2 aromatic carbocycles. The molecule has 1 N–H and O–H groups in total. The molecule has 1 fully saturated rings. The van der Waals surface area contributed by atoms with Crippen LogP contribution in [0.25, 0.3) is 5.76 Å². The number of amides is 1. The molecule has 0 unspecified atom stereocenters. The van der Waals surface area contributed by atoms with Gasteiger partial charge in [0.15, 0.2) is 0 Å². The number of aliphatic hydroxyl groups excluding tert-OH is 1. The Labute approximate surface area is 188 Å². The number of benzene rings is 2. The van der Waals surface area contributed by atoms with Crippen LogP contribution in [0.4, 0.5) is 0 Å². The highest BCUT2D eigenvalue weighted by atomic mass is 16.5. The lowest BCUT2D eigenvalue weighted by Gasteiger charge is -2.26. The van der Waals surface area contributed by atoms with Gasteiger partial charge in [-0.2, -0.15) is 0 Å². The van der Waals surface area contributed by atoms with Crippen LogP contribution in [0.2, 0.25) is 0 Å². The van der Waals surface area contributed by atoms with Gasteiger partial charge in [-0.3, -0.25) is 9.59 Å². The molecule has 0 aromatic heterocycles. The molecule has 0 saturated carbocycles. The van der Waals surface area contributed by atoms with Gasteiger partial charge in [0.25, 0.3) is 11.7 Å². The number of methoxy groups -OCH3 is 1. The quantitative estimate of drug-likeness (QED) is 0.281. The first-order valence-corrected chi connectivity index (χ1v) is 10.3. The first-order chi connectivity index (χ1) is 15.4. The highest BCUT2D eigenvalue weighted by Gasteiger charge is 2.46. The SMILES string of the molecule is C=CCOc1ccc(C(O)=C2C(=O)C(=O)N(CCN(C)C)[C@@H]2c2cccc(OC)c2)cc1. The second-order valence-electron chi connectivity index (χ2n) is 7.70. The monoisotopic (exact) mass is 436 g/mol. The number of carbonyl (C=O) groups is 2. The number of aliphatic hydroxyl groups is 1. The van der Waals surface area contributed by atoms with E-state index in [2.05, 4.69) is 6.58 Å². The Bertz CT molecular complexity index is 1030. The minimum atomic E-state index is -0.721. The average molecular weight is 437 g/mol. The molecule has 1 saturated heterocycles. The van der Waals surface area contributed by atoms with Crippen LogP contribution in [0, 0.1) is 0 Å². The number of ketones is 1. The largest absolute Gasteiger partial charge is 0.507 e. The van der Waals surface area contributed by atoms with Crippen molar-refractivity contribution in [3.05, 3.63) is 77.9 Å². The van der Waals surface area contributed by atoms with Gasteiger partial charge < -0.3 is 24.4 Å². The Kier molecular flexibility index (Phi) is 7.33. The maximum absolute atomic E-state index is 13.0. The van der Waals surface area contributed by atoms with E-state index in [-0.39, 0.29) is 11.3 Å². The van der Waals surface area contributed by atoms with Crippen LogP contribution in [0.15, 0.2) is 66.8 Å². The van der Waals surface area contributed by atoms with Gasteiger partial charge >= 0.3 is 0 Å². The number of carbonyl (C=O) groups excluding carboxylic acids is 2. The van der Waals surface area contributed by atoms with Crippen molar-refractivity contribution in [2.75, 3.05) is 40.9 Å². The van der Waals surface area contributed by atoms with Gasteiger partial charge in [0.1, 0.15) is 23.9 Å². The van der Waals surface area contributed by atoms with Crippen molar-refractivity contribution < 1.29 is 24.2 Å². The maximum Gasteiger partial charge on any atom is 0.295 e. The van der Waals surface area contributed by atoms with Crippen LogP contribution in [-0.4, -0.2) is 67.5 Å². The van der Waals surface area contributed by atoms with Gasteiger partial charge in [0.05, 0.1) is 18.7 Å². The molecule has 1 heterocycles. The van der Waals surface area contributed by atoms with Gasteiger partial charge in [-0.1, -0.05) is 24.8 Å². The van der Waals surface area contributed by atoms with Crippen LogP contribution in [0.5, 0.6) is 11.5 Å². The van der Waals surface area contributed by atoms with E-state index in [1.807, 2.05) is 25.1 Å². The zero-order valence-electron chi connectivity index (χ0n) is 18.6. The highest BCUT2D eigenvalue weighted by Crippen LogP contribution is 2.40. The van der Waals surface area contributed by atoms with E-state index in [0.717, 1.165) is 0 Å². The zero-order valence-corrected chi connectivity index (χ0v) is 18.6. The van der Waals surface area contributed by atoms with Crippen molar-refractivity contribution in [1.29, 1.82) is 0 Å². The van der Waals surface area contributed by atoms with Crippen molar-refractivity contribution in [2.24, 2.45) is 0 Å². The fourth-order valence-corrected chi connectivity index (χ4v) is 3.60. The van der Waals surface area contributed by atoms with Crippen LogP contribution in [-0.2, 0) is 9.59 Å². The lowest BCUT2D eigenvalue weighted by atomic mass is 9.95. The summed E-state index contributed by atoms with van der Waals surface area (Å²) in [4.78, 5) is 29.4. The molecule has 1 aliphatic heterocycles. The third kappa shape index (κ3) is 4.84. The molecule has 1 atom stereocenters. The number of nitrogens with zero attached hydrogens (tertiary/aromatic N) is 2. The lowest BCUT2D eigenvalue weighted by molar-refractivity contribution is -0.140. The van der Waals surface area contributed by atoms with Gasteiger partial charge in [-0.15, -0.1) is 0 Å². The van der Waals surface area contributed by atoms with Crippen LogP contribution in [0.3, 0.4) is 0 Å². The number of hydrogen-bond acceptors (Lipinski definition) is 6. The zero-order chi connectivity index (χ0) is 23.3. The molecule has 0 spiro atoms. The third-order valence-corrected chi connectivity index (χ3v) is 5.23. The molecule has 168 valence electrons. The summed E-state index contributed by atoms with van der Waals surface area (Å²) >= 11 is 0. The number of hydrogen-bond donors (Lipinski definition) is 1. The number of Topliss-reactive ketones (excluding diaryl/α,β-unsaturated/α-hetero) is 1. The number of rotatable bonds is 9. The predicted octanol–water partition coefficient (Wildman–Crippen LogP) is 3.24. The molecule has 1 aliphatic rings. The molecule has 0 radical (unpaired) electrons. The minimum Gasteiger partial charge on any atom is -0.507 e. The molecule has 32 heavy (non-hydrogen) atoms. The van der Waals surface area contributed by atoms with Crippen molar-refractivity contribution >= 4 is 17.4 Å². The molecule has 1 amide bonds. The van der Waals surface area contributed by atoms with E-state index < -0.39 is 17.7 Å². The number of likely N-dealkylation sites (N-methyl/N-ethyl adjacent to an activating group) is 1. The highest BCUT2D eigenvalue weighted by molar-refractivity contribution is 6.46. The van der Waals surface area contributed by atoms with Crippen LogP contribution in [0.1, 0.15) is 17.2 Å². The Hall–Kier alpha value is -3.58. The third-order valence-electron chi connectivity index (χ3n) is 5.23. The van der Waals surface area contributed by atoms with Gasteiger partial charge in [-0.25, -0.2) is 0 Å². The topological polar surface area (TPSA) is 79.3 Å². The fourth-order valence-electron chi connectivity index (χ4n) is 3.60. The fraction of sp³-hybridized carbons (Fsp3) is 0.280. The Balaban J connectivity index is 2.08.